The molecule has 0 saturated heterocycles. The van der Waals surface area contributed by atoms with Gasteiger partial charge in [0.1, 0.15) is 0 Å². The quantitative estimate of drug-likeness (QED) is 0.915. The number of fused-ring (bicyclic) bond motifs is 1. The second-order valence-corrected chi connectivity index (χ2v) is 5.28. The van der Waals surface area contributed by atoms with Crippen LogP contribution in [0.3, 0.4) is 0 Å². The van der Waals surface area contributed by atoms with Crippen molar-refractivity contribution in [3.05, 3.63) is 47.7 Å². The molecular formula is C17H21N3O. The van der Waals surface area contributed by atoms with Crippen molar-refractivity contribution in [2.24, 2.45) is 0 Å². The predicted octanol–water partition coefficient (Wildman–Crippen LogP) is 3.08. The van der Waals surface area contributed by atoms with Gasteiger partial charge in [0, 0.05) is 32.0 Å². The summed E-state index contributed by atoms with van der Waals surface area (Å²) in [5.41, 5.74) is 5.02. The molecule has 0 atom stereocenters. The third-order valence-electron chi connectivity index (χ3n) is 3.81. The summed E-state index contributed by atoms with van der Waals surface area (Å²) in [6, 6.07) is 10.6. The van der Waals surface area contributed by atoms with Crippen LogP contribution in [-0.4, -0.2) is 25.2 Å². The number of anilines is 2. The van der Waals surface area contributed by atoms with Crippen molar-refractivity contribution in [1.82, 2.24) is 4.98 Å². The van der Waals surface area contributed by atoms with E-state index in [-0.39, 0.29) is 0 Å². The number of hydrogen-bond acceptors (Lipinski definition) is 4. The molecule has 2 heterocycles. The van der Waals surface area contributed by atoms with Gasteiger partial charge in [-0.15, -0.1) is 0 Å². The van der Waals surface area contributed by atoms with E-state index in [9.17, 15) is 0 Å². The number of nitrogens with one attached hydrogen (secondary N) is 1. The number of benzene rings is 1. The zero-order chi connectivity index (χ0) is 14.7. The van der Waals surface area contributed by atoms with Crippen molar-refractivity contribution in [3.8, 4) is 5.88 Å². The van der Waals surface area contributed by atoms with E-state index in [1.54, 1.807) is 6.20 Å². The summed E-state index contributed by atoms with van der Waals surface area (Å²) in [6.07, 6.45) is 2.89. The first-order valence-electron chi connectivity index (χ1n) is 7.42. The third kappa shape index (κ3) is 2.94. The summed E-state index contributed by atoms with van der Waals surface area (Å²) in [4.78, 5) is 6.56. The smallest absolute Gasteiger partial charge is 0.237 e. The highest BCUT2D eigenvalue weighted by atomic mass is 16.5. The van der Waals surface area contributed by atoms with Crippen LogP contribution in [0.2, 0.25) is 0 Å². The number of rotatable bonds is 5. The fourth-order valence-corrected chi connectivity index (χ4v) is 2.70. The Balaban J connectivity index is 1.71. The zero-order valence-electron chi connectivity index (χ0n) is 12.6. The maximum absolute atomic E-state index is 5.53. The molecular weight excluding hydrogens is 262 g/mol. The van der Waals surface area contributed by atoms with Crippen LogP contribution in [0.15, 0.2) is 36.5 Å². The monoisotopic (exact) mass is 283 g/mol. The fourth-order valence-electron chi connectivity index (χ4n) is 2.70. The lowest BCUT2D eigenvalue weighted by molar-refractivity contribution is 0.328. The highest BCUT2D eigenvalue weighted by Crippen LogP contribution is 2.28. The van der Waals surface area contributed by atoms with Gasteiger partial charge in [-0.3, -0.25) is 0 Å². The molecule has 21 heavy (non-hydrogen) atoms. The van der Waals surface area contributed by atoms with Crippen molar-refractivity contribution >= 4 is 11.4 Å². The Morgan fingerprint density at radius 1 is 1.33 bits per heavy atom. The molecule has 2 aromatic rings. The largest absolute Gasteiger partial charge is 0.476 e. The lowest BCUT2D eigenvalue weighted by Gasteiger charge is -2.13. The van der Waals surface area contributed by atoms with E-state index in [2.05, 4.69) is 40.4 Å². The van der Waals surface area contributed by atoms with E-state index >= 15 is 0 Å². The molecule has 0 radical (unpaired) electrons. The lowest BCUT2D eigenvalue weighted by Crippen LogP contribution is -2.12. The van der Waals surface area contributed by atoms with Crippen molar-refractivity contribution in [2.75, 3.05) is 30.4 Å². The van der Waals surface area contributed by atoms with Gasteiger partial charge in [-0.1, -0.05) is 12.1 Å². The molecule has 0 fully saturated rings. The Morgan fingerprint density at radius 2 is 2.24 bits per heavy atom. The van der Waals surface area contributed by atoms with Gasteiger partial charge in [-0.25, -0.2) is 4.98 Å². The molecule has 1 aliphatic heterocycles. The molecule has 0 bridgehead atoms. The van der Waals surface area contributed by atoms with Gasteiger partial charge in [0.2, 0.25) is 5.88 Å². The van der Waals surface area contributed by atoms with Crippen LogP contribution in [0.4, 0.5) is 11.4 Å². The summed E-state index contributed by atoms with van der Waals surface area (Å²) < 4.78 is 5.53. The van der Waals surface area contributed by atoms with Crippen LogP contribution in [0.1, 0.15) is 18.1 Å². The van der Waals surface area contributed by atoms with Crippen molar-refractivity contribution < 1.29 is 4.74 Å². The van der Waals surface area contributed by atoms with Crippen molar-refractivity contribution in [3.63, 3.8) is 0 Å². The molecule has 1 N–H and O–H groups in total. The Morgan fingerprint density at radius 3 is 3.10 bits per heavy atom. The molecule has 0 aliphatic carbocycles. The van der Waals surface area contributed by atoms with Gasteiger partial charge in [-0.2, -0.15) is 0 Å². The van der Waals surface area contributed by atoms with E-state index < -0.39 is 0 Å². The average molecular weight is 283 g/mol. The molecule has 0 unspecified atom stereocenters. The summed E-state index contributed by atoms with van der Waals surface area (Å²) in [5, 5.41) is 3.42. The molecule has 1 aromatic heterocycles. The van der Waals surface area contributed by atoms with Crippen LogP contribution in [0.5, 0.6) is 5.88 Å². The van der Waals surface area contributed by atoms with Gasteiger partial charge >= 0.3 is 0 Å². The molecule has 110 valence electrons. The fraction of sp³-hybridized carbons (Fsp3) is 0.353. The SMILES string of the molecule is CCOc1ncccc1NCc1ccc2c(c1)CCN2C. The normalized spacial score (nSPS) is 13.1. The molecule has 0 amide bonds. The van der Waals surface area contributed by atoms with Gasteiger partial charge in [0.05, 0.1) is 12.3 Å². The standard InChI is InChI=1S/C17H21N3O/c1-3-21-17-15(5-4-9-18-17)19-12-13-6-7-16-14(11-13)8-10-20(16)2/h4-7,9,11,19H,3,8,10,12H2,1-2H3. The predicted molar refractivity (Wildman–Crippen MR) is 86.1 cm³/mol. The summed E-state index contributed by atoms with van der Waals surface area (Å²) >= 11 is 0. The maximum Gasteiger partial charge on any atom is 0.237 e. The maximum atomic E-state index is 5.53. The summed E-state index contributed by atoms with van der Waals surface area (Å²) in [7, 11) is 2.15. The topological polar surface area (TPSA) is 37.4 Å². The minimum Gasteiger partial charge on any atom is -0.476 e. The van der Waals surface area contributed by atoms with E-state index in [4.69, 9.17) is 4.74 Å². The minimum atomic E-state index is 0.622. The number of pyridine rings is 1. The van der Waals surface area contributed by atoms with E-state index in [0.717, 1.165) is 25.2 Å². The number of aromatic nitrogens is 1. The zero-order valence-corrected chi connectivity index (χ0v) is 12.6. The molecule has 1 aromatic carbocycles. The average Bonchev–Trinajstić information content (AvgIpc) is 2.88. The molecule has 3 rings (SSSR count). The van der Waals surface area contributed by atoms with Crippen LogP contribution in [0.25, 0.3) is 0 Å². The third-order valence-corrected chi connectivity index (χ3v) is 3.81. The van der Waals surface area contributed by atoms with E-state index in [1.807, 2.05) is 19.1 Å². The highest BCUT2D eigenvalue weighted by Gasteiger charge is 2.15. The van der Waals surface area contributed by atoms with Crippen molar-refractivity contribution in [2.45, 2.75) is 19.9 Å². The highest BCUT2D eigenvalue weighted by molar-refractivity contribution is 5.59. The second-order valence-electron chi connectivity index (χ2n) is 5.28. The molecule has 0 saturated carbocycles. The number of hydrogen-bond donors (Lipinski definition) is 1. The van der Waals surface area contributed by atoms with Crippen LogP contribution < -0.4 is 15.0 Å². The summed E-state index contributed by atoms with van der Waals surface area (Å²) in [6.45, 7) is 4.48. The summed E-state index contributed by atoms with van der Waals surface area (Å²) in [5.74, 6) is 0.667. The van der Waals surface area contributed by atoms with Crippen LogP contribution in [0, 0.1) is 0 Å². The molecule has 4 nitrogen and oxygen atoms in total. The van der Waals surface area contributed by atoms with Gasteiger partial charge < -0.3 is 15.0 Å². The first-order valence-corrected chi connectivity index (χ1v) is 7.42. The Labute approximate surface area is 125 Å². The second kappa shape index (κ2) is 6.04. The Bertz CT molecular complexity index is 627. The Hall–Kier alpha value is -2.23. The Kier molecular flexibility index (Phi) is 3.95. The molecule has 4 heteroatoms. The minimum absolute atomic E-state index is 0.622. The van der Waals surface area contributed by atoms with Gasteiger partial charge in [0.25, 0.3) is 0 Å². The number of nitrogens with zero attached hydrogens (tertiary/aromatic N) is 2. The van der Waals surface area contributed by atoms with E-state index in [1.165, 1.54) is 16.8 Å². The van der Waals surface area contributed by atoms with E-state index in [0.29, 0.717) is 12.5 Å². The van der Waals surface area contributed by atoms with Gasteiger partial charge in [-0.05, 0) is 42.7 Å². The number of ether oxygens (including phenoxy) is 1. The lowest BCUT2D eigenvalue weighted by atomic mass is 10.1. The van der Waals surface area contributed by atoms with Crippen LogP contribution >= 0.6 is 0 Å². The first-order chi connectivity index (χ1) is 10.3. The van der Waals surface area contributed by atoms with Crippen molar-refractivity contribution in [1.29, 1.82) is 0 Å². The number of likely N-dealkylation sites (N-methyl/N-ethyl adjacent to an activating group) is 1. The van der Waals surface area contributed by atoms with Crippen LogP contribution in [-0.2, 0) is 13.0 Å². The van der Waals surface area contributed by atoms with Gasteiger partial charge in [0.15, 0.2) is 0 Å². The molecule has 1 aliphatic rings. The first kappa shape index (κ1) is 13.7. The molecule has 0 spiro atoms.